The van der Waals surface area contributed by atoms with Crippen molar-refractivity contribution < 1.29 is 4.79 Å². The largest absolute Gasteiger partial charge is 0.392 e. The molecule has 2 unspecified atom stereocenters. The standard InChI is InChI=1S/C10H16N2OS2/c11-9(14)8-2-1-4-12(8)10(13)7-3-5-15-6-7/h7-8H,1-6H2,(H2,11,14). The van der Waals surface area contributed by atoms with Gasteiger partial charge in [-0.15, -0.1) is 0 Å². The molecule has 2 aliphatic rings. The van der Waals surface area contributed by atoms with Gasteiger partial charge >= 0.3 is 0 Å². The Hall–Kier alpha value is -0.290. The number of carbonyl (C=O) groups is 1. The van der Waals surface area contributed by atoms with Gasteiger partial charge in [-0.3, -0.25) is 4.79 Å². The van der Waals surface area contributed by atoms with Crippen LogP contribution in [0.25, 0.3) is 0 Å². The number of nitrogens with zero attached hydrogens (tertiary/aromatic N) is 1. The summed E-state index contributed by atoms with van der Waals surface area (Å²) in [6.07, 6.45) is 3.00. The predicted molar refractivity (Wildman–Crippen MR) is 67.0 cm³/mol. The molecule has 2 N–H and O–H groups in total. The van der Waals surface area contributed by atoms with Crippen LogP contribution in [0.5, 0.6) is 0 Å². The van der Waals surface area contributed by atoms with Crippen molar-refractivity contribution in [2.45, 2.75) is 25.3 Å². The summed E-state index contributed by atoms with van der Waals surface area (Å²) in [4.78, 5) is 14.5. The molecule has 0 aliphatic carbocycles. The molecule has 15 heavy (non-hydrogen) atoms. The Morgan fingerprint density at radius 2 is 2.27 bits per heavy atom. The van der Waals surface area contributed by atoms with Crippen LogP contribution in [-0.4, -0.2) is 39.9 Å². The molecular weight excluding hydrogens is 228 g/mol. The molecule has 84 valence electrons. The molecule has 5 heteroatoms. The SMILES string of the molecule is NC(=S)C1CCCN1C(=O)C1CCSC1. The molecule has 1 amide bonds. The summed E-state index contributed by atoms with van der Waals surface area (Å²) in [6.45, 7) is 0.835. The highest BCUT2D eigenvalue weighted by Gasteiger charge is 2.35. The maximum Gasteiger partial charge on any atom is 0.227 e. The van der Waals surface area contributed by atoms with Crippen molar-refractivity contribution in [3.05, 3.63) is 0 Å². The summed E-state index contributed by atoms with van der Waals surface area (Å²) >= 11 is 6.87. The van der Waals surface area contributed by atoms with Gasteiger partial charge in [0.25, 0.3) is 0 Å². The Bertz CT molecular complexity index is 277. The summed E-state index contributed by atoms with van der Waals surface area (Å²) in [6, 6.07) is 0.0260. The van der Waals surface area contributed by atoms with E-state index in [1.165, 1.54) is 0 Å². The second kappa shape index (κ2) is 4.70. The van der Waals surface area contributed by atoms with Gasteiger partial charge in [0.05, 0.1) is 11.0 Å². The van der Waals surface area contributed by atoms with Crippen molar-refractivity contribution in [3.8, 4) is 0 Å². The summed E-state index contributed by atoms with van der Waals surface area (Å²) in [5.41, 5.74) is 5.66. The third-order valence-electron chi connectivity index (χ3n) is 3.14. The van der Waals surface area contributed by atoms with Crippen molar-refractivity contribution in [2.75, 3.05) is 18.1 Å². The highest BCUT2D eigenvalue weighted by Crippen LogP contribution is 2.28. The lowest BCUT2D eigenvalue weighted by molar-refractivity contribution is -0.134. The molecule has 2 saturated heterocycles. The number of likely N-dealkylation sites (tertiary alicyclic amines) is 1. The molecule has 2 heterocycles. The van der Waals surface area contributed by atoms with Crippen LogP contribution in [0, 0.1) is 5.92 Å². The molecule has 0 saturated carbocycles. The van der Waals surface area contributed by atoms with Gasteiger partial charge in [0, 0.05) is 18.2 Å². The second-order valence-electron chi connectivity index (χ2n) is 4.15. The zero-order valence-electron chi connectivity index (χ0n) is 8.65. The molecule has 0 radical (unpaired) electrons. The maximum atomic E-state index is 12.2. The minimum Gasteiger partial charge on any atom is -0.392 e. The first kappa shape index (κ1) is 11.2. The van der Waals surface area contributed by atoms with Crippen LogP contribution in [0.4, 0.5) is 0 Å². The Morgan fingerprint density at radius 3 is 2.87 bits per heavy atom. The first-order chi connectivity index (χ1) is 7.20. The van der Waals surface area contributed by atoms with Gasteiger partial charge in [-0.25, -0.2) is 0 Å². The van der Waals surface area contributed by atoms with Crippen LogP contribution in [0.1, 0.15) is 19.3 Å². The fourth-order valence-electron chi connectivity index (χ4n) is 2.29. The smallest absolute Gasteiger partial charge is 0.227 e. The molecule has 0 aromatic rings. The lowest BCUT2D eigenvalue weighted by atomic mass is 10.1. The highest BCUT2D eigenvalue weighted by molar-refractivity contribution is 7.99. The van der Waals surface area contributed by atoms with Gasteiger partial charge in [-0.1, -0.05) is 12.2 Å². The van der Waals surface area contributed by atoms with E-state index in [2.05, 4.69) is 0 Å². The van der Waals surface area contributed by atoms with Crippen LogP contribution in [0.15, 0.2) is 0 Å². The van der Waals surface area contributed by atoms with Crippen LogP contribution in [-0.2, 0) is 4.79 Å². The molecule has 2 atom stereocenters. The van der Waals surface area contributed by atoms with Crippen molar-refractivity contribution >= 4 is 34.9 Å². The number of nitrogens with two attached hydrogens (primary N) is 1. The minimum absolute atomic E-state index is 0.0260. The third-order valence-corrected chi connectivity index (χ3v) is 4.58. The third kappa shape index (κ3) is 2.28. The van der Waals surface area contributed by atoms with Crippen LogP contribution < -0.4 is 5.73 Å². The van der Waals surface area contributed by atoms with E-state index < -0.39 is 0 Å². The first-order valence-electron chi connectivity index (χ1n) is 5.37. The summed E-state index contributed by atoms with van der Waals surface area (Å²) in [5.74, 6) is 2.57. The molecule has 3 nitrogen and oxygen atoms in total. The normalized spacial score (nSPS) is 30.8. The Kier molecular flexibility index (Phi) is 3.51. The highest BCUT2D eigenvalue weighted by atomic mass is 32.2. The average molecular weight is 244 g/mol. The summed E-state index contributed by atoms with van der Waals surface area (Å²) < 4.78 is 0. The Labute approximate surface area is 99.8 Å². The number of thiocarbonyl (C=S) groups is 1. The molecule has 2 aliphatic heterocycles. The predicted octanol–water partition coefficient (Wildman–Crippen LogP) is 1.02. The summed E-state index contributed by atoms with van der Waals surface area (Å²) in [5, 5.41) is 0. The number of rotatable bonds is 2. The van der Waals surface area contributed by atoms with E-state index >= 15 is 0 Å². The van der Waals surface area contributed by atoms with Crippen molar-refractivity contribution in [2.24, 2.45) is 11.7 Å². The maximum absolute atomic E-state index is 12.2. The zero-order chi connectivity index (χ0) is 10.8. The van der Waals surface area contributed by atoms with Crippen LogP contribution >= 0.6 is 24.0 Å². The van der Waals surface area contributed by atoms with Crippen molar-refractivity contribution in [1.82, 2.24) is 4.90 Å². The monoisotopic (exact) mass is 244 g/mol. The van der Waals surface area contributed by atoms with Gasteiger partial charge in [0.2, 0.25) is 5.91 Å². The average Bonchev–Trinajstić information content (AvgIpc) is 2.88. The first-order valence-corrected chi connectivity index (χ1v) is 6.94. The van der Waals surface area contributed by atoms with E-state index in [4.69, 9.17) is 18.0 Å². The topological polar surface area (TPSA) is 46.3 Å². The fourth-order valence-corrected chi connectivity index (χ4v) is 3.75. The second-order valence-corrected chi connectivity index (χ2v) is 5.77. The zero-order valence-corrected chi connectivity index (χ0v) is 10.3. The molecule has 0 aromatic heterocycles. The van der Waals surface area contributed by atoms with Crippen molar-refractivity contribution in [3.63, 3.8) is 0 Å². The van der Waals surface area contributed by atoms with E-state index in [1.807, 2.05) is 16.7 Å². The lowest BCUT2D eigenvalue weighted by Crippen LogP contribution is -2.45. The molecule has 0 spiro atoms. The molecule has 0 bridgehead atoms. The molecule has 2 fully saturated rings. The van der Waals surface area contributed by atoms with Crippen molar-refractivity contribution in [1.29, 1.82) is 0 Å². The number of thioether (sulfide) groups is 1. The van der Waals surface area contributed by atoms with Gasteiger partial charge in [-0.2, -0.15) is 11.8 Å². The fraction of sp³-hybridized carbons (Fsp3) is 0.800. The van der Waals surface area contributed by atoms with Gasteiger partial charge in [-0.05, 0) is 25.0 Å². The number of hydrogen-bond acceptors (Lipinski definition) is 3. The number of hydrogen-bond donors (Lipinski definition) is 1. The van der Waals surface area contributed by atoms with E-state index in [-0.39, 0.29) is 17.9 Å². The molecular formula is C10H16N2OS2. The van der Waals surface area contributed by atoms with Gasteiger partial charge < -0.3 is 10.6 Å². The minimum atomic E-state index is 0.0260. The summed E-state index contributed by atoms with van der Waals surface area (Å²) in [7, 11) is 0. The van der Waals surface area contributed by atoms with E-state index in [9.17, 15) is 4.79 Å². The number of carbonyl (C=O) groups excluding carboxylic acids is 1. The van der Waals surface area contributed by atoms with Gasteiger partial charge in [0.15, 0.2) is 0 Å². The Morgan fingerprint density at radius 1 is 1.47 bits per heavy atom. The van der Waals surface area contributed by atoms with Crippen LogP contribution in [0.2, 0.25) is 0 Å². The van der Waals surface area contributed by atoms with Gasteiger partial charge in [0.1, 0.15) is 0 Å². The van der Waals surface area contributed by atoms with E-state index in [0.717, 1.165) is 37.3 Å². The quantitative estimate of drug-likeness (QED) is 0.737. The van der Waals surface area contributed by atoms with E-state index in [0.29, 0.717) is 4.99 Å². The molecule has 2 rings (SSSR count). The lowest BCUT2D eigenvalue weighted by Gasteiger charge is -2.26. The van der Waals surface area contributed by atoms with Crippen LogP contribution in [0.3, 0.4) is 0 Å². The number of amides is 1. The molecule has 0 aromatic carbocycles. The Balaban J connectivity index is 2.02. The van der Waals surface area contributed by atoms with E-state index in [1.54, 1.807) is 0 Å².